The maximum Gasteiger partial charge on any atom is 0.327 e. The maximum atomic E-state index is 14.2. The van der Waals surface area contributed by atoms with Crippen LogP contribution >= 0.6 is 23.5 Å². The van der Waals surface area contributed by atoms with Crippen LogP contribution < -0.4 is 0 Å². The first-order chi connectivity index (χ1) is 25.3. The number of methoxy groups -OCH3 is 2. The van der Waals surface area contributed by atoms with Crippen LogP contribution in [0.2, 0.25) is 0 Å². The monoisotopic (exact) mass is 776 g/mol. The van der Waals surface area contributed by atoms with E-state index in [0.29, 0.717) is 24.2 Å². The summed E-state index contributed by atoms with van der Waals surface area (Å²) in [5.41, 5.74) is -3.53. The number of allylic oxidation sites excluding steroid dienone is 5. The van der Waals surface area contributed by atoms with Gasteiger partial charge in [-0.25, -0.2) is 0 Å². The van der Waals surface area contributed by atoms with Crippen molar-refractivity contribution < 1.29 is 48.0 Å². The lowest BCUT2D eigenvalue weighted by Gasteiger charge is -2.51. The minimum Gasteiger partial charge on any atom is -0.468 e. The summed E-state index contributed by atoms with van der Waals surface area (Å²) in [6.07, 6.45) is 17.3. The molecule has 2 saturated heterocycles. The fraction of sp³-hybridized carbons (Fsp3) is 0.707. The van der Waals surface area contributed by atoms with E-state index in [0.717, 1.165) is 50.3 Å². The summed E-state index contributed by atoms with van der Waals surface area (Å²) < 4.78 is 29.4. The van der Waals surface area contributed by atoms with Gasteiger partial charge in [-0.2, -0.15) is 11.8 Å². The molecule has 0 unspecified atom stereocenters. The third kappa shape index (κ3) is 8.87. The number of esters is 3. The molecule has 4 rings (SSSR count). The molecule has 0 aromatic carbocycles. The molecular weight excluding hydrogens is 717 g/mol. The predicted octanol–water partition coefficient (Wildman–Crippen LogP) is 7.14. The lowest BCUT2D eigenvalue weighted by atomic mass is 9.60. The zero-order valence-electron chi connectivity index (χ0n) is 32.5. The van der Waals surface area contributed by atoms with E-state index in [1.165, 1.54) is 32.1 Å². The molecule has 0 spiro atoms. The Balaban J connectivity index is 1.99. The molecule has 0 radical (unpaired) electrons. The highest BCUT2D eigenvalue weighted by Crippen LogP contribution is 2.65. The average Bonchev–Trinajstić information content (AvgIpc) is 3.54. The van der Waals surface area contributed by atoms with E-state index in [1.54, 1.807) is 0 Å². The molecular formula is C41H60O10S2. The quantitative estimate of drug-likeness (QED) is 0.0499. The SMILES string of the molecule is C=CCOC(=O)[C@H]1SC(=O)[C@H]2CC(C(=O)OC)(C(=O)OC)C3=C[C@H](CCCCC/C=C/C)[C@@H](C[C@@H]4OC(C)(C)O[C@H]4CC/C=C/C)[C@@H]([C@@H]3SCC)[C@@]21O. The molecule has 2 heterocycles. The van der Waals surface area contributed by atoms with Crippen LogP contribution in [0.5, 0.6) is 0 Å². The van der Waals surface area contributed by atoms with Gasteiger partial charge in [0, 0.05) is 11.2 Å². The summed E-state index contributed by atoms with van der Waals surface area (Å²) in [5, 5.41) is 11.1. The number of hydrogen-bond acceptors (Lipinski definition) is 12. The first-order valence-corrected chi connectivity index (χ1v) is 21.0. The Bertz CT molecular complexity index is 1400. The van der Waals surface area contributed by atoms with E-state index in [1.807, 2.05) is 46.8 Å². The van der Waals surface area contributed by atoms with Gasteiger partial charge in [0.2, 0.25) is 0 Å². The van der Waals surface area contributed by atoms with Crippen molar-refractivity contribution in [3.8, 4) is 0 Å². The number of rotatable bonds is 18. The normalized spacial score (nSPS) is 33.0. The summed E-state index contributed by atoms with van der Waals surface area (Å²) in [5.74, 6) is -5.34. The van der Waals surface area contributed by atoms with Gasteiger partial charge >= 0.3 is 17.9 Å². The minimum atomic E-state index is -2.01. The van der Waals surface area contributed by atoms with Crippen molar-refractivity contribution in [3.05, 3.63) is 48.6 Å². The molecule has 2 aliphatic heterocycles. The first-order valence-electron chi connectivity index (χ1n) is 19.1. The molecule has 0 amide bonds. The number of ether oxygens (including phenoxy) is 5. The van der Waals surface area contributed by atoms with Gasteiger partial charge in [0.25, 0.3) is 0 Å². The van der Waals surface area contributed by atoms with Crippen LogP contribution in [0, 0.1) is 29.1 Å². The van der Waals surface area contributed by atoms with Crippen LogP contribution in [-0.2, 0) is 42.9 Å². The molecule has 53 heavy (non-hydrogen) atoms. The molecule has 4 aliphatic rings. The Morgan fingerprint density at radius 2 is 1.68 bits per heavy atom. The van der Waals surface area contributed by atoms with Crippen LogP contribution in [0.3, 0.4) is 0 Å². The van der Waals surface area contributed by atoms with Crippen LogP contribution in [0.1, 0.15) is 92.4 Å². The number of hydrogen-bond donors (Lipinski definition) is 1. The van der Waals surface area contributed by atoms with E-state index in [4.69, 9.17) is 23.7 Å². The lowest BCUT2D eigenvalue weighted by Crippen LogP contribution is -2.59. The lowest BCUT2D eigenvalue weighted by molar-refractivity contribution is -0.168. The minimum absolute atomic E-state index is 0.0997. The topological polar surface area (TPSA) is 135 Å². The number of aliphatic hydroxyl groups is 1. The molecule has 2 aliphatic carbocycles. The largest absolute Gasteiger partial charge is 0.468 e. The second-order valence-electron chi connectivity index (χ2n) is 14.9. The van der Waals surface area contributed by atoms with Crippen molar-refractivity contribution in [1.29, 1.82) is 0 Å². The van der Waals surface area contributed by atoms with Gasteiger partial charge in [0.1, 0.15) is 17.5 Å². The van der Waals surface area contributed by atoms with E-state index in [9.17, 15) is 24.3 Å². The maximum absolute atomic E-state index is 14.2. The third-order valence-electron chi connectivity index (χ3n) is 11.3. The van der Waals surface area contributed by atoms with Crippen molar-refractivity contribution >= 4 is 46.5 Å². The summed E-state index contributed by atoms with van der Waals surface area (Å²) in [7, 11) is 2.43. The molecule has 2 bridgehead atoms. The van der Waals surface area contributed by atoms with Gasteiger partial charge in [-0.05, 0) is 95.8 Å². The number of unbranched alkanes of at least 4 members (excludes halogenated alkanes) is 3. The average molecular weight is 777 g/mol. The van der Waals surface area contributed by atoms with E-state index in [2.05, 4.69) is 24.8 Å². The van der Waals surface area contributed by atoms with Crippen LogP contribution in [0.15, 0.2) is 48.6 Å². The highest BCUT2D eigenvalue weighted by atomic mass is 32.2. The van der Waals surface area contributed by atoms with Crippen LogP contribution in [0.25, 0.3) is 0 Å². The van der Waals surface area contributed by atoms with E-state index in [-0.39, 0.29) is 30.7 Å². The summed E-state index contributed by atoms with van der Waals surface area (Å²) in [6.45, 7) is 13.3. The Kier molecular flexibility index (Phi) is 15.5. The fourth-order valence-electron chi connectivity index (χ4n) is 9.16. The number of carbonyl (C=O) groups excluding carboxylic acids is 4. The van der Waals surface area contributed by atoms with Gasteiger partial charge < -0.3 is 28.8 Å². The zero-order chi connectivity index (χ0) is 39.0. The molecule has 9 atom stereocenters. The number of fused-ring (bicyclic) bond motifs is 4. The van der Waals surface area contributed by atoms with Gasteiger partial charge in [-0.3, -0.25) is 19.2 Å². The van der Waals surface area contributed by atoms with Gasteiger partial charge in [0.05, 0.1) is 32.3 Å². The molecule has 1 N–H and O–H groups in total. The van der Waals surface area contributed by atoms with Crippen molar-refractivity contribution in [2.45, 2.75) is 127 Å². The Morgan fingerprint density at radius 1 is 1.02 bits per heavy atom. The Labute approximate surface area is 324 Å². The molecule has 296 valence electrons. The fourth-order valence-corrected chi connectivity index (χ4v) is 11.9. The van der Waals surface area contributed by atoms with Crippen molar-refractivity contribution in [2.24, 2.45) is 29.1 Å². The van der Waals surface area contributed by atoms with E-state index < -0.39 is 68.6 Å². The summed E-state index contributed by atoms with van der Waals surface area (Å²) in [6, 6.07) is 0. The van der Waals surface area contributed by atoms with Crippen molar-refractivity contribution in [1.82, 2.24) is 0 Å². The highest BCUT2D eigenvalue weighted by molar-refractivity contribution is 8.15. The molecule has 0 aromatic rings. The van der Waals surface area contributed by atoms with Crippen LogP contribution in [-0.4, -0.2) is 88.8 Å². The third-order valence-corrected chi connectivity index (χ3v) is 13.9. The molecule has 10 nitrogen and oxygen atoms in total. The smallest absolute Gasteiger partial charge is 0.327 e. The second-order valence-corrected chi connectivity index (χ2v) is 17.4. The first kappa shape index (κ1) is 43.3. The zero-order valence-corrected chi connectivity index (χ0v) is 34.1. The van der Waals surface area contributed by atoms with Crippen LogP contribution in [0.4, 0.5) is 0 Å². The Morgan fingerprint density at radius 3 is 2.30 bits per heavy atom. The molecule has 3 fully saturated rings. The number of carbonyl (C=O) groups is 4. The van der Waals surface area contributed by atoms with E-state index >= 15 is 0 Å². The van der Waals surface area contributed by atoms with Crippen molar-refractivity contribution in [2.75, 3.05) is 26.6 Å². The second kappa shape index (κ2) is 19.0. The molecule has 12 heteroatoms. The Hall–Kier alpha value is -2.38. The van der Waals surface area contributed by atoms with Gasteiger partial charge in [0.15, 0.2) is 16.3 Å². The standard InChI is InChI=1S/C41H60O10S2/c1-9-13-15-16-17-19-20-26-23-28-33(52-12-4)32(27(26)24-31-30(21-18-14-10-2)50-39(5,6)51-31)41(46)29(25-40(28,37(44)47-7)38(45)48-8)36(43)53-34(41)35(42)49-22-11-3/h9-11,13-14,23,26-27,29-34,46H,3,12,15-22,24-25H2,1-2,4-8H3/b13-9+,14-10+/t26-,27+,29+,30-,31-,32-,33+,34+,41-/m0/s1. The number of thioether (sulfide) groups is 2. The summed E-state index contributed by atoms with van der Waals surface area (Å²) in [4.78, 5) is 56.5. The predicted molar refractivity (Wildman–Crippen MR) is 208 cm³/mol. The van der Waals surface area contributed by atoms with Crippen molar-refractivity contribution in [3.63, 3.8) is 0 Å². The molecule has 0 aromatic heterocycles. The van der Waals surface area contributed by atoms with Gasteiger partial charge in [-0.15, -0.1) is 0 Å². The highest BCUT2D eigenvalue weighted by Gasteiger charge is 2.73. The van der Waals surface area contributed by atoms with Gasteiger partial charge in [-0.1, -0.05) is 74.6 Å². The molecule has 1 saturated carbocycles. The summed E-state index contributed by atoms with van der Waals surface area (Å²) >= 11 is 2.22.